The van der Waals surface area contributed by atoms with E-state index in [1.807, 2.05) is 6.92 Å². The van der Waals surface area contributed by atoms with E-state index in [0.717, 1.165) is 0 Å². The molecule has 0 N–H and O–H groups in total. The van der Waals surface area contributed by atoms with Crippen LogP contribution in [0.25, 0.3) is 0 Å². The summed E-state index contributed by atoms with van der Waals surface area (Å²) < 4.78 is 13.7. The standard InChI is InChI=1S/C13H12FN3O/c1-2-17(12-6-4-3-5-11(12)14)13-15-7-10(9-18)8-16-13/h3-9H,2H2,1H3. The summed E-state index contributed by atoms with van der Waals surface area (Å²) in [5, 5.41) is 0. The number of benzene rings is 1. The number of anilines is 2. The normalized spacial score (nSPS) is 10.1. The maximum atomic E-state index is 13.7. The fourth-order valence-electron chi connectivity index (χ4n) is 1.62. The van der Waals surface area contributed by atoms with Gasteiger partial charge in [-0.2, -0.15) is 0 Å². The van der Waals surface area contributed by atoms with Crippen molar-refractivity contribution in [3.8, 4) is 0 Å². The first-order chi connectivity index (χ1) is 8.76. The maximum absolute atomic E-state index is 13.7. The third-order valence-corrected chi connectivity index (χ3v) is 2.50. The van der Waals surface area contributed by atoms with Crippen molar-refractivity contribution in [1.29, 1.82) is 0 Å². The van der Waals surface area contributed by atoms with E-state index in [4.69, 9.17) is 0 Å². The molecule has 2 aromatic rings. The van der Waals surface area contributed by atoms with Gasteiger partial charge in [-0.05, 0) is 19.1 Å². The van der Waals surface area contributed by atoms with Crippen molar-refractivity contribution in [2.75, 3.05) is 11.4 Å². The van der Waals surface area contributed by atoms with Crippen molar-refractivity contribution in [2.24, 2.45) is 0 Å². The summed E-state index contributed by atoms with van der Waals surface area (Å²) >= 11 is 0. The first kappa shape index (κ1) is 12.2. The number of aldehydes is 1. The van der Waals surface area contributed by atoms with E-state index in [-0.39, 0.29) is 5.82 Å². The molecular formula is C13H12FN3O. The van der Waals surface area contributed by atoms with E-state index in [1.165, 1.54) is 18.5 Å². The molecule has 2 rings (SSSR count). The lowest BCUT2D eigenvalue weighted by Gasteiger charge is -2.21. The Morgan fingerprint density at radius 1 is 1.28 bits per heavy atom. The van der Waals surface area contributed by atoms with Crippen LogP contribution in [0.1, 0.15) is 17.3 Å². The Bertz CT molecular complexity index is 542. The highest BCUT2D eigenvalue weighted by atomic mass is 19.1. The van der Waals surface area contributed by atoms with Crippen molar-refractivity contribution in [1.82, 2.24) is 9.97 Å². The van der Waals surface area contributed by atoms with E-state index < -0.39 is 0 Å². The zero-order valence-electron chi connectivity index (χ0n) is 9.88. The molecular weight excluding hydrogens is 233 g/mol. The van der Waals surface area contributed by atoms with E-state index in [2.05, 4.69) is 9.97 Å². The Hall–Kier alpha value is -2.30. The summed E-state index contributed by atoms with van der Waals surface area (Å²) in [4.78, 5) is 20.3. The summed E-state index contributed by atoms with van der Waals surface area (Å²) in [6.45, 7) is 2.41. The van der Waals surface area contributed by atoms with Crippen molar-refractivity contribution < 1.29 is 9.18 Å². The minimum Gasteiger partial charge on any atom is -0.308 e. The summed E-state index contributed by atoms with van der Waals surface area (Å²) in [5.74, 6) is 0.0376. The molecule has 0 aliphatic rings. The van der Waals surface area contributed by atoms with Crippen molar-refractivity contribution >= 4 is 17.9 Å². The zero-order valence-corrected chi connectivity index (χ0v) is 9.88. The monoisotopic (exact) mass is 245 g/mol. The van der Waals surface area contributed by atoms with Gasteiger partial charge in [-0.3, -0.25) is 4.79 Å². The zero-order chi connectivity index (χ0) is 13.0. The number of carbonyl (C=O) groups excluding carboxylic acids is 1. The van der Waals surface area contributed by atoms with Crippen LogP contribution < -0.4 is 4.90 Å². The minimum atomic E-state index is -0.331. The van der Waals surface area contributed by atoms with Gasteiger partial charge in [0, 0.05) is 18.9 Å². The quantitative estimate of drug-likeness (QED) is 0.777. The maximum Gasteiger partial charge on any atom is 0.229 e. The molecule has 0 atom stereocenters. The Morgan fingerprint density at radius 3 is 2.50 bits per heavy atom. The molecule has 0 unspecified atom stereocenters. The van der Waals surface area contributed by atoms with Gasteiger partial charge in [-0.25, -0.2) is 14.4 Å². The second kappa shape index (κ2) is 5.35. The highest BCUT2D eigenvalue weighted by Gasteiger charge is 2.13. The predicted octanol–water partition coefficient (Wildman–Crippen LogP) is 2.59. The van der Waals surface area contributed by atoms with Gasteiger partial charge in [0.05, 0.1) is 11.3 Å². The number of para-hydroxylation sites is 1. The van der Waals surface area contributed by atoms with Crippen LogP contribution in [0.5, 0.6) is 0 Å². The third kappa shape index (κ3) is 2.34. The summed E-state index contributed by atoms with van der Waals surface area (Å²) in [5.41, 5.74) is 0.808. The molecule has 0 aliphatic carbocycles. The molecule has 0 amide bonds. The molecule has 18 heavy (non-hydrogen) atoms. The molecule has 0 aliphatic heterocycles. The fraction of sp³-hybridized carbons (Fsp3) is 0.154. The smallest absolute Gasteiger partial charge is 0.229 e. The molecule has 92 valence electrons. The Labute approximate surface area is 104 Å². The van der Waals surface area contributed by atoms with Crippen LogP contribution in [-0.4, -0.2) is 22.8 Å². The summed E-state index contributed by atoms with van der Waals surface area (Å²) in [6, 6.07) is 6.43. The molecule has 0 saturated carbocycles. The van der Waals surface area contributed by atoms with Gasteiger partial charge in [0.2, 0.25) is 5.95 Å². The van der Waals surface area contributed by atoms with Gasteiger partial charge >= 0.3 is 0 Å². The Balaban J connectivity index is 2.39. The van der Waals surface area contributed by atoms with Crippen molar-refractivity contribution in [2.45, 2.75) is 6.92 Å². The molecule has 0 saturated heterocycles. The average molecular weight is 245 g/mol. The first-order valence-corrected chi connectivity index (χ1v) is 5.55. The first-order valence-electron chi connectivity index (χ1n) is 5.55. The van der Waals surface area contributed by atoms with Gasteiger partial charge in [-0.1, -0.05) is 12.1 Å². The van der Waals surface area contributed by atoms with Crippen LogP contribution in [0.15, 0.2) is 36.7 Å². The number of carbonyl (C=O) groups is 1. The van der Waals surface area contributed by atoms with Crippen molar-refractivity contribution in [3.63, 3.8) is 0 Å². The minimum absolute atomic E-state index is 0.331. The van der Waals surface area contributed by atoms with Crippen LogP contribution in [0.4, 0.5) is 16.0 Å². The van der Waals surface area contributed by atoms with E-state index in [9.17, 15) is 9.18 Å². The number of nitrogens with zero attached hydrogens (tertiary/aromatic N) is 3. The lowest BCUT2D eigenvalue weighted by atomic mass is 10.3. The number of hydrogen-bond donors (Lipinski definition) is 0. The SMILES string of the molecule is CCN(c1ncc(C=O)cn1)c1ccccc1F. The lowest BCUT2D eigenvalue weighted by molar-refractivity contribution is 0.112. The number of rotatable bonds is 4. The topological polar surface area (TPSA) is 46.1 Å². The molecule has 4 nitrogen and oxygen atoms in total. The molecule has 1 heterocycles. The van der Waals surface area contributed by atoms with Crippen LogP contribution in [0.3, 0.4) is 0 Å². The average Bonchev–Trinajstić information content (AvgIpc) is 2.42. The van der Waals surface area contributed by atoms with E-state index in [0.29, 0.717) is 30.0 Å². The molecule has 5 heteroatoms. The second-order valence-corrected chi connectivity index (χ2v) is 3.63. The highest BCUT2D eigenvalue weighted by Crippen LogP contribution is 2.24. The number of hydrogen-bond acceptors (Lipinski definition) is 4. The number of halogens is 1. The van der Waals surface area contributed by atoms with Gasteiger partial charge in [0.1, 0.15) is 5.82 Å². The highest BCUT2D eigenvalue weighted by molar-refractivity contribution is 5.73. The third-order valence-electron chi connectivity index (χ3n) is 2.50. The van der Waals surface area contributed by atoms with E-state index >= 15 is 0 Å². The van der Waals surface area contributed by atoms with Crippen LogP contribution in [0, 0.1) is 5.82 Å². The van der Waals surface area contributed by atoms with Gasteiger partial charge in [0.15, 0.2) is 6.29 Å². The predicted molar refractivity (Wildman–Crippen MR) is 66.5 cm³/mol. The Morgan fingerprint density at radius 2 is 1.94 bits per heavy atom. The molecule has 1 aromatic carbocycles. The van der Waals surface area contributed by atoms with Gasteiger partial charge < -0.3 is 4.90 Å². The Kier molecular flexibility index (Phi) is 3.62. The second-order valence-electron chi connectivity index (χ2n) is 3.63. The molecule has 0 radical (unpaired) electrons. The summed E-state index contributed by atoms with van der Waals surface area (Å²) in [6.07, 6.45) is 3.50. The molecule has 0 fully saturated rings. The van der Waals surface area contributed by atoms with Crippen LogP contribution >= 0.6 is 0 Å². The van der Waals surface area contributed by atoms with Crippen LogP contribution in [-0.2, 0) is 0 Å². The largest absolute Gasteiger partial charge is 0.308 e. The summed E-state index contributed by atoms with van der Waals surface area (Å²) in [7, 11) is 0. The van der Waals surface area contributed by atoms with E-state index in [1.54, 1.807) is 23.1 Å². The van der Waals surface area contributed by atoms with Gasteiger partial charge in [-0.15, -0.1) is 0 Å². The molecule has 0 bridgehead atoms. The van der Waals surface area contributed by atoms with Crippen molar-refractivity contribution in [3.05, 3.63) is 48.0 Å². The van der Waals surface area contributed by atoms with Gasteiger partial charge in [0.25, 0.3) is 0 Å². The molecule has 0 spiro atoms. The molecule has 1 aromatic heterocycles. The lowest BCUT2D eigenvalue weighted by Crippen LogP contribution is -2.20. The fourth-order valence-corrected chi connectivity index (χ4v) is 1.62. The van der Waals surface area contributed by atoms with Crippen LogP contribution in [0.2, 0.25) is 0 Å². The number of aromatic nitrogens is 2.